The summed E-state index contributed by atoms with van der Waals surface area (Å²) in [5.74, 6) is 0.653. The normalized spacial score (nSPS) is 12.1. The van der Waals surface area contributed by atoms with Gasteiger partial charge in [0, 0.05) is 4.90 Å². The molecule has 7 heteroatoms. The van der Waals surface area contributed by atoms with Crippen molar-refractivity contribution in [1.29, 1.82) is 0 Å². The van der Waals surface area contributed by atoms with Crippen LogP contribution in [0.5, 0.6) is 0 Å². The standard InChI is InChI=1S/C21H20N2O2S.C10H14.CH3.ClH.Ru/c1-16-12-14-19(15-13-16)26(24,25)23-21(18-10-6-3-7-11-18)20(22)17-8-4-2-5-9-17;1-8(2)10-6-4-9(3)5-7-10;;;/h2-15,20-22H,1H3;4-8H,1-3H3;1H3;1H;/q-2;;-1;;+4/p-1/t20-,21-;;;;/m1..../s1. The molecule has 0 heterocycles. The Hall–Kier alpha value is -2.34. The van der Waals surface area contributed by atoms with Gasteiger partial charge in [0.05, 0.1) is 0 Å². The second kappa shape index (κ2) is 17.4. The van der Waals surface area contributed by atoms with Gasteiger partial charge in [-0.05, 0) is 37.5 Å². The first kappa shape index (κ1) is 34.7. The Kier molecular flexibility index (Phi) is 15.5. The maximum absolute atomic E-state index is 12.8. The van der Waals surface area contributed by atoms with Gasteiger partial charge in [0.2, 0.25) is 0 Å². The van der Waals surface area contributed by atoms with Crippen molar-refractivity contribution in [2.45, 2.75) is 50.6 Å². The number of sulfonamides is 1. The van der Waals surface area contributed by atoms with E-state index in [1.807, 2.05) is 84.9 Å². The molecule has 0 aliphatic carbocycles. The van der Waals surface area contributed by atoms with Crippen LogP contribution in [-0.2, 0) is 27.3 Å². The minimum absolute atomic E-state index is 0. The Morgan fingerprint density at radius 3 is 1.51 bits per heavy atom. The van der Waals surface area contributed by atoms with Gasteiger partial charge in [0.15, 0.2) is 0 Å². The Balaban J connectivity index is 0.000000493. The van der Waals surface area contributed by atoms with Crippen molar-refractivity contribution in [1.82, 2.24) is 0 Å². The zero-order valence-corrected chi connectivity index (χ0v) is 26.3. The molecule has 0 amide bonds. The van der Waals surface area contributed by atoms with Gasteiger partial charge in [0.25, 0.3) is 0 Å². The zero-order valence-electron chi connectivity index (χ0n) is 23.0. The second-order valence-electron chi connectivity index (χ2n) is 9.20. The summed E-state index contributed by atoms with van der Waals surface area (Å²) >= 11 is 1.82. The molecule has 4 nitrogen and oxygen atoms in total. The fourth-order valence-corrected chi connectivity index (χ4v) is 4.82. The number of rotatable bonds is 7. The van der Waals surface area contributed by atoms with Gasteiger partial charge in [-0.25, -0.2) is 8.42 Å². The molecule has 0 aliphatic heterocycles. The molecule has 1 N–H and O–H groups in total. The first-order chi connectivity index (χ1) is 18.2. The Labute approximate surface area is 249 Å². The number of nitrogens with one attached hydrogen (secondary N) is 1. The summed E-state index contributed by atoms with van der Waals surface area (Å²) in [7, 11) is 0.696. The molecule has 0 saturated carbocycles. The van der Waals surface area contributed by atoms with Crippen LogP contribution in [0.3, 0.4) is 0 Å². The van der Waals surface area contributed by atoms with Gasteiger partial charge in [-0.2, -0.15) is 0 Å². The molecule has 0 bridgehead atoms. The van der Waals surface area contributed by atoms with Gasteiger partial charge in [-0.1, -0.05) is 133 Å². The summed E-state index contributed by atoms with van der Waals surface area (Å²) in [5, 5.41) is 0. The number of nitrogens with zero attached hydrogens (tertiary/aromatic N) is 1. The maximum atomic E-state index is 12.8. The molecule has 2 atom stereocenters. The third kappa shape index (κ3) is 11.0. The minimum atomic E-state index is -3.87. The van der Waals surface area contributed by atoms with Crippen LogP contribution in [0.1, 0.15) is 59.7 Å². The Morgan fingerprint density at radius 2 is 1.08 bits per heavy atom. The fraction of sp³-hybridized carbons (Fsp3) is 0.219. The van der Waals surface area contributed by atoms with E-state index in [2.05, 4.69) is 59.4 Å². The summed E-state index contributed by atoms with van der Waals surface area (Å²) in [5.41, 5.74) is 13.8. The molecule has 4 rings (SSSR count). The van der Waals surface area contributed by atoms with Crippen molar-refractivity contribution in [2.24, 2.45) is 0 Å². The van der Waals surface area contributed by atoms with E-state index in [0.29, 0.717) is 11.5 Å². The van der Waals surface area contributed by atoms with Gasteiger partial charge in [-0.15, -0.1) is 12.1 Å². The van der Waals surface area contributed by atoms with E-state index in [9.17, 15) is 8.42 Å². The van der Waals surface area contributed by atoms with E-state index < -0.39 is 22.1 Å². The quantitative estimate of drug-likeness (QED) is 0.148. The van der Waals surface area contributed by atoms with Gasteiger partial charge >= 0.3 is 27.0 Å². The van der Waals surface area contributed by atoms with Crippen LogP contribution in [0.4, 0.5) is 0 Å². The van der Waals surface area contributed by atoms with Crippen molar-refractivity contribution < 1.29 is 25.7 Å². The third-order valence-corrected chi connectivity index (χ3v) is 7.30. The Morgan fingerprint density at radius 1 is 0.667 bits per heavy atom. The summed E-state index contributed by atoms with van der Waals surface area (Å²) < 4.78 is 29.8. The number of halogens is 1. The molecular formula is C32H37ClN2O2RuS. The van der Waals surface area contributed by atoms with Crippen LogP contribution in [-0.4, -0.2) is 8.42 Å². The molecule has 0 radical (unpaired) electrons. The predicted octanol–water partition coefficient (Wildman–Crippen LogP) is 9.85. The monoisotopic (exact) mass is 650 g/mol. The van der Waals surface area contributed by atoms with Gasteiger partial charge in [-0.3, -0.25) is 0 Å². The first-order valence-electron chi connectivity index (χ1n) is 12.2. The van der Waals surface area contributed by atoms with Gasteiger partial charge in [0.1, 0.15) is 10.0 Å². The molecule has 0 saturated heterocycles. The van der Waals surface area contributed by atoms with Crippen molar-refractivity contribution in [2.75, 3.05) is 0 Å². The third-order valence-electron chi connectivity index (χ3n) is 5.93. The van der Waals surface area contributed by atoms with E-state index in [1.165, 1.54) is 11.1 Å². The van der Waals surface area contributed by atoms with E-state index >= 15 is 0 Å². The Bertz CT molecular complexity index is 1320. The average Bonchev–Trinajstić information content (AvgIpc) is 2.94. The molecule has 0 unspecified atom stereocenters. The molecule has 0 aromatic heterocycles. The van der Waals surface area contributed by atoms with E-state index in [4.69, 9.17) is 5.73 Å². The average molecular weight is 650 g/mol. The summed E-state index contributed by atoms with van der Waals surface area (Å²) in [6.07, 6.45) is 0. The number of benzene rings is 4. The van der Waals surface area contributed by atoms with Crippen LogP contribution in [0.25, 0.3) is 10.5 Å². The van der Waals surface area contributed by atoms with Crippen molar-refractivity contribution >= 4 is 19.7 Å². The summed E-state index contributed by atoms with van der Waals surface area (Å²) in [4.78, 5) is 0.143. The predicted molar refractivity (Wildman–Crippen MR) is 162 cm³/mol. The van der Waals surface area contributed by atoms with E-state index in [1.54, 1.807) is 24.3 Å². The van der Waals surface area contributed by atoms with E-state index in [0.717, 1.165) is 11.1 Å². The topological polar surface area (TPSA) is 72.0 Å². The SMILES string of the molecule is Cc1ccc(C(C)C)cc1.Cc1ccc(S(=O)(=O)[N-][C@H](c2ccccc2)[C@H]([NH-])c2ccccc2)cc1.[CH3-].[Cl][Ru+3]. The van der Waals surface area contributed by atoms with E-state index in [-0.39, 0.29) is 12.3 Å². The van der Waals surface area contributed by atoms with Crippen LogP contribution >= 0.6 is 9.69 Å². The van der Waals surface area contributed by atoms with Crippen LogP contribution in [0, 0.1) is 21.3 Å². The second-order valence-corrected chi connectivity index (χ2v) is 10.8. The number of hydrogen-bond donors (Lipinski definition) is 0. The zero-order chi connectivity index (χ0) is 28.1. The molecule has 4 aromatic rings. The molecule has 0 aliphatic rings. The summed E-state index contributed by atoms with van der Waals surface area (Å²) in [6.45, 7) is 8.44. The van der Waals surface area contributed by atoms with Gasteiger partial charge < -0.3 is 17.9 Å². The number of hydrogen-bond acceptors (Lipinski definition) is 2. The molecular weight excluding hydrogens is 613 g/mol. The fourth-order valence-electron chi connectivity index (χ4n) is 3.68. The summed E-state index contributed by atoms with van der Waals surface area (Å²) in [6, 6.07) is 32.0. The molecule has 0 fully saturated rings. The molecule has 4 aromatic carbocycles. The first-order valence-corrected chi connectivity index (χ1v) is 15.9. The van der Waals surface area contributed by atoms with Crippen LogP contribution < -0.4 is 0 Å². The molecule has 39 heavy (non-hydrogen) atoms. The van der Waals surface area contributed by atoms with Crippen molar-refractivity contribution in [3.05, 3.63) is 155 Å². The van der Waals surface area contributed by atoms with Crippen molar-refractivity contribution in [3.8, 4) is 0 Å². The van der Waals surface area contributed by atoms with Crippen LogP contribution in [0.2, 0.25) is 0 Å². The van der Waals surface area contributed by atoms with Crippen LogP contribution in [0.15, 0.2) is 114 Å². The molecule has 0 spiro atoms. The van der Waals surface area contributed by atoms with Crippen molar-refractivity contribution in [3.63, 3.8) is 0 Å². The number of aryl methyl sites for hydroxylation is 2. The molecule has 208 valence electrons.